The van der Waals surface area contributed by atoms with Gasteiger partial charge in [0.25, 0.3) is 0 Å². The topological polar surface area (TPSA) is 24.5 Å². The molecule has 0 saturated carbocycles. The Bertz CT molecular complexity index is 220. The van der Waals surface area contributed by atoms with Gasteiger partial charge in [0.05, 0.1) is 6.10 Å². The van der Waals surface area contributed by atoms with Crippen LogP contribution in [-0.4, -0.2) is 49.8 Å². The second kappa shape index (κ2) is 5.48. The lowest BCUT2D eigenvalue weighted by atomic mass is 9.95. The fourth-order valence-corrected chi connectivity index (χ4v) is 2.85. The summed E-state index contributed by atoms with van der Waals surface area (Å²) in [4.78, 5) is 2.41. The van der Waals surface area contributed by atoms with Crippen LogP contribution in [0.5, 0.6) is 0 Å². The minimum atomic E-state index is 0.463. The number of likely N-dealkylation sites (tertiary alicyclic amines) is 1. The van der Waals surface area contributed by atoms with Crippen LogP contribution >= 0.6 is 0 Å². The van der Waals surface area contributed by atoms with E-state index in [1.807, 2.05) is 0 Å². The summed E-state index contributed by atoms with van der Waals surface area (Å²) in [6, 6.07) is 1.39. The molecule has 16 heavy (non-hydrogen) atoms. The monoisotopic (exact) mass is 226 g/mol. The molecule has 2 aliphatic rings. The Labute approximate surface area is 99.5 Å². The molecule has 3 atom stereocenters. The van der Waals surface area contributed by atoms with Crippen molar-refractivity contribution in [1.29, 1.82) is 0 Å². The molecule has 2 saturated heterocycles. The van der Waals surface area contributed by atoms with Crippen LogP contribution in [0.1, 0.15) is 33.1 Å². The first-order chi connectivity index (χ1) is 7.65. The molecule has 3 nitrogen and oxygen atoms in total. The SMILES string of the molecule is CC(C)C1CC(NC2CCN(C)C2)CCO1. The summed E-state index contributed by atoms with van der Waals surface area (Å²) in [5, 5.41) is 3.81. The second-order valence-electron chi connectivity index (χ2n) is 5.79. The molecule has 0 spiro atoms. The van der Waals surface area contributed by atoms with Crippen molar-refractivity contribution < 1.29 is 4.74 Å². The first-order valence-corrected chi connectivity index (χ1v) is 6.71. The van der Waals surface area contributed by atoms with E-state index in [0.29, 0.717) is 24.1 Å². The van der Waals surface area contributed by atoms with Gasteiger partial charge < -0.3 is 15.0 Å². The Morgan fingerprint density at radius 3 is 2.69 bits per heavy atom. The van der Waals surface area contributed by atoms with Crippen LogP contribution in [0.4, 0.5) is 0 Å². The van der Waals surface area contributed by atoms with Crippen LogP contribution in [0, 0.1) is 5.92 Å². The van der Waals surface area contributed by atoms with Gasteiger partial charge in [-0.2, -0.15) is 0 Å². The van der Waals surface area contributed by atoms with E-state index >= 15 is 0 Å². The zero-order chi connectivity index (χ0) is 11.5. The molecular weight excluding hydrogens is 200 g/mol. The number of hydrogen-bond donors (Lipinski definition) is 1. The fraction of sp³-hybridized carbons (Fsp3) is 1.00. The third-order valence-electron chi connectivity index (χ3n) is 3.92. The van der Waals surface area contributed by atoms with E-state index in [1.165, 1.54) is 32.4 Å². The van der Waals surface area contributed by atoms with Crippen LogP contribution in [-0.2, 0) is 4.74 Å². The highest BCUT2D eigenvalue weighted by atomic mass is 16.5. The maximum atomic E-state index is 5.80. The lowest BCUT2D eigenvalue weighted by molar-refractivity contribution is -0.0257. The molecule has 1 N–H and O–H groups in total. The lowest BCUT2D eigenvalue weighted by Crippen LogP contribution is -2.46. The summed E-state index contributed by atoms with van der Waals surface area (Å²) in [5.74, 6) is 0.649. The molecule has 0 aliphatic carbocycles. The zero-order valence-electron chi connectivity index (χ0n) is 10.9. The number of nitrogens with zero attached hydrogens (tertiary/aromatic N) is 1. The lowest BCUT2D eigenvalue weighted by Gasteiger charge is -2.34. The minimum absolute atomic E-state index is 0.463. The fourth-order valence-electron chi connectivity index (χ4n) is 2.85. The van der Waals surface area contributed by atoms with Crippen molar-refractivity contribution >= 4 is 0 Å². The van der Waals surface area contributed by atoms with E-state index in [2.05, 4.69) is 31.1 Å². The van der Waals surface area contributed by atoms with Crippen LogP contribution in [0.2, 0.25) is 0 Å². The van der Waals surface area contributed by atoms with Gasteiger partial charge in [-0.05, 0) is 38.8 Å². The van der Waals surface area contributed by atoms with E-state index in [1.54, 1.807) is 0 Å². The Morgan fingerprint density at radius 2 is 2.06 bits per heavy atom. The van der Waals surface area contributed by atoms with Gasteiger partial charge in [-0.3, -0.25) is 0 Å². The normalized spacial score (nSPS) is 37.1. The third-order valence-corrected chi connectivity index (χ3v) is 3.92. The number of nitrogens with one attached hydrogen (secondary N) is 1. The number of ether oxygens (including phenoxy) is 1. The second-order valence-corrected chi connectivity index (χ2v) is 5.79. The van der Waals surface area contributed by atoms with E-state index in [0.717, 1.165) is 6.61 Å². The maximum absolute atomic E-state index is 5.80. The van der Waals surface area contributed by atoms with Crippen molar-refractivity contribution in [3.05, 3.63) is 0 Å². The Kier molecular flexibility index (Phi) is 4.22. The quantitative estimate of drug-likeness (QED) is 0.789. The molecule has 0 aromatic carbocycles. The standard InChI is InChI=1S/C13H26N2O/c1-10(2)13-8-11(5-7-16-13)14-12-4-6-15(3)9-12/h10-14H,4-9H2,1-3H3. The van der Waals surface area contributed by atoms with E-state index in [-0.39, 0.29) is 0 Å². The van der Waals surface area contributed by atoms with E-state index < -0.39 is 0 Å². The predicted molar refractivity (Wildman–Crippen MR) is 66.6 cm³/mol. The molecule has 2 rings (SSSR count). The first-order valence-electron chi connectivity index (χ1n) is 6.71. The van der Waals surface area contributed by atoms with Crippen LogP contribution in [0.3, 0.4) is 0 Å². The molecule has 2 aliphatic heterocycles. The Balaban J connectivity index is 1.77. The summed E-state index contributed by atoms with van der Waals surface area (Å²) < 4.78 is 5.80. The Hall–Kier alpha value is -0.120. The molecule has 94 valence electrons. The summed E-state index contributed by atoms with van der Waals surface area (Å²) in [7, 11) is 2.21. The Morgan fingerprint density at radius 1 is 1.25 bits per heavy atom. The molecule has 3 heteroatoms. The summed E-state index contributed by atoms with van der Waals surface area (Å²) in [6.45, 7) is 7.91. The molecule has 0 aromatic rings. The average molecular weight is 226 g/mol. The highest BCUT2D eigenvalue weighted by Crippen LogP contribution is 2.21. The molecule has 0 aromatic heterocycles. The highest BCUT2D eigenvalue weighted by molar-refractivity contribution is 4.85. The predicted octanol–water partition coefficient (Wildman–Crippen LogP) is 1.48. The van der Waals surface area contributed by atoms with Gasteiger partial charge in [0, 0.05) is 25.2 Å². The van der Waals surface area contributed by atoms with Crippen LogP contribution < -0.4 is 5.32 Å². The van der Waals surface area contributed by atoms with Crippen molar-refractivity contribution in [1.82, 2.24) is 10.2 Å². The molecule has 3 unspecified atom stereocenters. The number of hydrogen-bond acceptors (Lipinski definition) is 3. The summed E-state index contributed by atoms with van der Waals surface area (Å²) in [5.41, 5.74) is 0. The summed E-state index contributed by atoms with van der Waals surface area (Å²) in [6.07, 6.45) is 4.15. The van der Waals surface area contributed by atoms with Crippen molar-refractivity contribution in [2.75, 3.05) is 26.7 Å². The largest absolute Gasteiger partial charge is 0.378 e. The van der Waals surface area contributed by atoms with Crippen molar-refractivity contribution in [3.63, 3.8) is 0 Å². The van der Waals surface area contributed by atoms with Crippen molar-refractivity contribution in [3.8, 4) is 0 Å². The number of rotatable bonds is 3. The van der Waals surface area contributed by atoms with Gasteiger partial charge in [-0.15, -0.1) is 0 Å². The van der Waals surface area contributed by atoms with Gasteiger partial charge in [0.1, 0.15) is 0 Å². The van der Waals surface area contributed by atoms with E-state index in [4.69, 9.17) is 4.74 Å². The molecule has 2 fully saturated rings. The highest BCUT2D eigenvalue weighted by Gasteiger charge is 2.28. The average Bonchev–Trinajstić information content (AvgIpc) is 2.64. The van der Waals surface area contributed by atoms with Gasteiger partial charge in [0.2, 0.25) is 0 Å². The van der Waals surface area contributed by atoms with Gasteiger partial charge >= 0.3 is 0 Å². The van der Waals surface area contributed by atoms with Gasteiger partial charge in [0.15, 0.2) is 0 Å². The summed E-state index contributed by atoms with van der Waals surface area (Å²) >= 11 is 0. The van der Waals surface area contributed by atoms with E-state index in [9.17, 15) is 0 Å². The minimum Gasteiger partial charge on any atom is -0.378 e. The van der Waals surface area contributed by atoms with Crippen LogP contribution in [0.15, 0.2) is 0 Å². The maximum Gasteiger partial charge on any atom is 0.0612 e. The molecule has 0 bridgehead atoms. The zero-order valence-corrected chi connectivity index (χ0v) is 10.9. The molecule has 2 heterocycles. The van der Waals surface area contributed by atoms with Gasteiger partial charge in [-0.25, -0.2) is 0 Å². The third kappa shape index (κ3) is 3.19. The smallest absolute Gasteiger partial charge is 0.0612 e. The van der Waals surface area contributed by atoms with Crippen LogP contribution in [0.25, 0.3) is 0 Å². The first kappa shape index (κ1) is 12.3. The molecule has 0 radical (unpaired) electrons. The molecular formula is C13H26N2O. The molecule has 0 amide bonds. The van der Waals surface area contributed by atoms with Crippen molar-refractivity contribution in [2.45, 2.75) is 51.3 Å². The van der Waals surface area contributed by atoms with Crippen molar-refractivity contribution in [2.24, 2.45) is 5.92 Å². The number of likely N-dealkylation sites (N-methyl/N-ethyl adjacent to an activating group) is 1. The van der Waals surface area contributed by atoms with Gasteiger partial charge in [-0.1, -0.05) is 13.8 Å².